The molecule has 4 aromatic rings. The van der Waals surface area contributed by atoms with Crippen molar-refractivity contribution in [1.82, 2.24) is 14.7 Å². The van der Waals surface area contributed by atoms with Crippen LogP contribution in [0.4, 0.5) is 0 Å². The van der Waals surface area contributed by atoms with Gasteiger partial charge in [-0.25, -0.2) is 0 Å². The van der Waals surface area contributed by atoms with Crippen molar-refractivity contribution in [3.8, 4) is 0 Å². The first-order valence-corrected chi connectivity index (χ1v) is 16.0. The van der Waals surface area contributed by atoms with Crippen LogP contribution in [0, 0.1) is 0 Å². The lowest BCUT2D eigenvalue weighted by atomic mass is 9.95. The fourth-order valence-corrected chi connectivity index (χ4v) is 6.36. The number of benzene rings is 4. The van der Waals surface area contributed by atoms with Crippen molar-refractivity contribution < 1.29 is 9.59 Å². The van der Waals surface area contributed by atoms with Gasteiger partial charge in [-0.3, -0.25) is 9.59 Å². The standard InChI is InChI=1S/C39H45N3O2/c1-40(30-35-22-12-5-13-23-35)26-15-14-24-36(28-33-18-8-3-9-19-33)42-31-37(29-34-20-10-4-11-21-34)41(38(43)39(42)44)27-25-32-16-6-2-7-17-32/h2-13,16-23,36-37H,14-15,24-31H2,1H3/t36-,37+/m1/s1. The predicted octanol–water partition coefficient (Wildman–Crippen LogP) is 6.42. The largest absolute Gasteiger partial charge is 0.329 e. The normalized spacial score (nSPS) is 16.0. The van der Waals surface area contributed by atoms with E-state index in [-0.39, 0.29) is 23.9 Å². The van der Waals surface area contributed by atoms with E-state index in [0.717, 1.165) is 51.6 Å². The molecule has 1 saturated heterocycles. The minimum atomic E-state index is -0.367. The molecular formula is C39H45N3O2. The molecule has 0 spiro atoms. The first kappa shape index (κ1) is 31.2. The summed E-state index contributed by atoms with van der Waals surface area (Å²) in [4.78, 5) is 33.8. The Morgan fingerprint density at radius 3 is 1.84 bits per heavy atom. The SMILES string of the molecule is CN(CCCC[C@H](Cc1ccccc1)N1C[C@H](Cc2ccccc2)N(CCc2ccccc2)C(=O)C1=O)Cc1ccccc1. The summed E-state index contributed by atoms with van der Waals surface area (Å²) in [6, 6.07) is 41.4. The number of hydrogen-bond acceptors (Lipinski definition) is 3. The Morgan fingerprint density at radius 1 is 0.682 bits per heavy atom. The molecule has 0 saturated carbocycles. The third-order valence-corrected chi connectivity index (χ3v) is 8.73. The minimum absolute atomic E-state index is 0.0252. The summed E-state index contributed by atoms with van der Waals surface area (Å²) in [6.07, 6.45) is 5.12. The van der Waals surface area contributed by atoms with Crippen LogP contribution in [-0.2, 0) is 35.4 Å². The lowest BCUT2D eigenvalue weighted by Crippen LogP contribution is -2.63. The number of carbonyl (C=O) groups excluding carboxylic acids is 2. The van der Waals surface area contributed by atoms with Gasteiger partial charge in [0.2, 0.25) is 0 Å². The molecule has 5 heteroatoms. The van der Waals surface area contributed by atoms with Gasteiger partial charge in [-0.1, -0.05) is 128 Å². The van der Waals surface area contributed by atoms with Crippen LogP contribution in [0.5, 0.6) is 0 Å². The summed E-state index contributed by atoms with van der Waals surface area (Å²) in [7, 11) is 2.17. The molecule has 0 radical (unpaired) electrons. The predicted molar refractivity (Wildman–Crippen MR) is 178 cm³/mol. The van der Waals surface area contributed by atoms with Crippen LogP contribution in [0.15, 0.2) is 121 Å². The summed E-state index contributed by atoms with van der Waals surface area (Å²) in [5.74, 6) is -0.724. The molecule has 1 aliphatic rings. The van der Waals surface area contributed by atoms with Gasteiger partial charge in [-0.15, -0.1) is 0 Å². The molecule has 1 fully saturated rings. The first-order chi connectivity index (χ1) is 21.6. The van der Waals surface area contributed by atoms with Gasteiger partial charge in [0.1, 0.15) is 0 Å². The van der Waals surface area contributed by atoms with E-state index in [1.807, 2.05) is 52.3 Å². The lowest BCUT2D eigenvalue weighted by Gasteiger charge is -2.44. The van der Waals surface area contributed by atoms with Crippen LogP contribution in [0.25, 0.3) is 0 Å². The average Bonchev–Trinajstić information content (AvgIpc) is 3.06. The van der Waals surface area contributed by atoms with E-state index in [0.29, 0.717) is 13.1 Å². The van der Waals surface area contributed by atoms with Crippen molar-refractivity contribution >= 4 is 11.8 Å². The van der Waals surface area contributed by atoms with Crippen molar-refractivity contribution in [2.75, 3.05) is 26.7 Å². The van der Waals surface area contributed by atoms with Gasteiger partial charge in [-0.05, 0) is 68.0 Å². The zero-order chi connectivity index (χ0) is 30.6. The van der Waals surface area contributed by atoms with Gasteiger partial charge in [0.25, 0.3) is 0 Å². The highest BCUT2D eigenvalue weighted by Gasteiger charge is 2.41. The highest BCUT2D eigenvalue weighted by Crippen LogP contribution is 2.24. The zero-order valence-electron chi connectivity index (χ0n) is 25.9. The Hall–Kier alpha value is -4.22. The third kappa shape index (κ3) is 8.90. The lowest BCUT2D eigenvalue weighted by molar-refractivity contribution is -0.161. The number of hydrogen-bond donors (Lipinski definition) is 0. The number of carbonyl (C=O) groups is 2. The van der Waals surface area contributed by atoms with Gasteiger partial charge < -0.3 is 14.7 Å². The topological polar surface area (TPSA) is 43.9 Å². The Bertz CT molecular complexity index is 1430. The second-order valence-electron chi connectivity index (χ2n) is 12.1. The summed E-state index contributed by atoms with van der Waals surface area (Å²) >= 11 is 0. The maximum atomic E-state index is 13.8. The van der Waals surface area contributed by atoms with Crippen LogP contribution in [0.1, 0.15) is 41.5 Å². The van der Waals surface area contributed by atoms with Crippen LogP contribution in [0.2, 0.25) is 0 Å². The molecular weight excluding hydrogens is 542 g/mol. The second-order valence-corrected chi connectivity index (χ2v) is 12.1. The van der Waals surface area contributed by atoms with E-state index >= 15 is 0 Å². The van der Waals surface area contributed by atoms with E-state index in [1.54, 1.807) is 0 Å². The van der Waals surface area contributed by atoms with E-state index in [4.69, 9.17) is 0 Å². The number of rotatable bonds is 15. The van der Waals surface area contributed by atoms with E-state index in [2.05, 4.69) is 90.8 Å². The van der Waals surface area contributed by atoms with Gasteiger partial charge >= 0.3 is 11.8 Å². The van der Waals surface area contributed by atoms with Crippen molar-refractivity contribution in [2.45, 2.75) is 57.2 Å². The van der Waals surface area contributed by atoms with E-state index in [1.165, 1.54) is 22.3 Å². The van der Waals surface area contributed by atoms with Gasteiger partial charge in [0, 0.05) is 25.7 Å². The number of unbranched alkanes of at least 4 members (excludes halogenated alkanes) is 1. The number of amides is 2. The fourth-order valence-electron chi connectivity index (χ4n) is 6.36. The average molecular weight is 588 g/mol. The Kier molecular flexibility index (Phi) is 11.4. The molecule has 2 amide bonds. The molecule has 1 heterocycles. The summed E-state index contributed by atoms with van der Waals surface area (Å²) in [5, 5.41) is 0. The molecule has 1 aliphatic heterocycles. The molecule has 2 atom stereocenters. The first-order valence-electron chi connectivity index (χ1n) is 16.0. The fraction of sp³-hybridized carbons (Fsp3) is 0.333. The van der Waals surface area contributed by atoms with Crippen molar-refractivity contribution in [3.05, 3.63) is 144 Å². The molecule has 4 aromatic carbocycles. The monoisotopic (exact) mass is 587 g/mol. The molecule has 5 nitrogen and oxygen atoms in total. The highest BCUT2D eigenvalue weighted by atomic mass is 16.2. The maximum absolute atomic E-state index is 13.8. The molecule has 44 heavy (non-hydrogen) atoms. The number of nitrogens with zero attached hydrogens (tertiary/aromatic N) is 3. The minimum Gasteiger partial charge on any atom is -0.329 e. The van der Waals surface area contributed by atoms with Crippen molar-refractivity contribution in [2.24, 2.45) is 0 Å². The van der Waals surface area contributed by atoms with Crippen LogP contribution < -0.4 is 0 Å². The Morgan fingerprint density at radius 2 is 1.23 bits per heavy atom. The summed E-state index contributed by atoms with van der Waals surface area (Å²) in [6.45, 7) is 3.01. The molecule has 228 valence electrons. The molecule has 0 aromatic heterocycles. The van der Waals surface area contributed by atoms with Gasteiger partial charge in [0.15, 0.2) is 0 Å². The highest BCUT2D eigenvalue weighted by molar-refractivity contribution is 6.35. The summed E-state index contributed by atoms with van der Waals surface area (Å²) < 4.78 is 0. The van der Waals surface area contributed by atoms with Crippen LogP contribution in [0.3, 0.4) is 0 Å². The third-order valence-electron chi connectivity index (χ3n) is 8.73. The molecule has 0 unspecified atom stereocenters. The van der Waals surface area contributed by atoms with Gasteiger partial charge in [0.05, 0.1) is 6.04 Å². The molecule has 0 N–H and O–H groups in total. The zero-order valence-corrected chi connectivity index (χ0v) is 25.9. The van der Waals surface area contributed by atoms with Gasteiger partial charge in [-0.2, -0.15) is 0 Å². The molecule has 5 rings (SSSR count). The molecule has 0 aliphatic carbocycles. The second kappa shape index (κ2) is 16.0. The Labute approximate surface area is 263 Å². The smallest absolute Gasteiger partial charge is 0.312 e. The Balaban J connectivity index is 1.29. The van der Waals surface area contributed by atoms with Crippen LogP contribution >= 0.6 is 0 Å². The quantitative estimate of drug-likeness (QED) is 0.119. The summed E-state index contributed by atoms with van der Waals surface area (Å²) in [5.41, 5.74) is 4.87. The van der Waals surface area contributed by atoms with Crippen LogP contribution in [-0.4, -0.2) is 65.3 Å². The molecule has 0 bridgehead atoms. The van der Waals surface area contributed by atoms with E-state index < -0.39 is 0 Å². The van der Waals surface area contributed by atoms with E-state index in [9.17, 15) is 9.59 Å². The van der Waals surface area contributed by atoms with Crippen molar-refractivity contribution in [3.63, 3.8) is 0 Å². The number of piperazine rings is 1. The van der Waals surface area contributed by atoms with Crippen molar-refractivity contribution in [1.29, 1.82) is 0 Å². The maximum Gasteiger partial charge on any atom is 0.312 e.